The van der Waals surface area contributed by atoms with Gasteiger partial charge in [0.15, 0.2) is 5.82 Å². The Bertz CT molecular complexity index is 382. The highest BCUT2D eigenvalue weighted by atomic mass is 16.5. The number of hydrogen-bond donors (Lipinski definition) is 1. The lowest BCUT2D eigenvalue weighted by Crippen LogP contribution is -2.29. The van der Waals surface area contributed by atoms with Gasteiger partial charge in [-0.2, -0.15) is 4.98 Å². The predicted octanol–water partition coefficient (Wildman–Crippen LogP) is 1.72. The molecule has 1 aromatic heterocycles. The quantitative estimate of drug-likeness (QED) is 0.878. The van der Waals surface area contributed by atoms with Gasteiger partial charge in [0.05, 0.1) is 6.10 Å². The van der Waals surface area contributed by atoms with E-state index in [0.717, 1.165) is 62.9 Å². The van der Waals surface area contributed by atoms with E-state index in [1.54, 1.807) is 0 Å². The molecule has 2 aliphatic heterocycles. The average molecular weight is 265 g/mol. The summed E-state index contributed by atoms with van der Waals surface area (Å²) in [6.45, 7) is 3.18. The summed E-state index contributed by atoms with van der Waals surface area (Å²) in [5, 5.41) is 7.50. The number of rotatable bonds is 5. The Kier molecular flexibility index (Phi) is 4.45. The molecule has 2 aliphatic rings. The van der Waals surface area contributed by atoms with E-state index in [4.69, 9.17) is 9.26 Å². The van der Waals surface area contributed by atoms with Crippen molar-refractivity contribution in [3.05, 3.63) is 11.7 Å². The van der Waals surface area contributed by atoms with Crippen LogP contribution in [0.2, 0.25) is 0 Å². The number of piperidine rings is 1. The normalized spacial score (nSPS) is 27.8. The zero-order valence-corrected chi connectivity index (χ0v) is 11.4. The van der Waals surface area contributed by atoms with Gasteiger partial charge in [-0.3, -0.25) is 0 Å². The highest BCUT2D eigenvalue weighted by Crippen LogP contribution is 2.18. The smallest absolute Gasteiger partial charge is 0.226 e. The number of hydrogen-bond acceptors (Lipinski definition) is 5. The molecule has 2 unspecified atom stereocenters. The van der Waals surface area contributed by atoms with E-state index >= 15 is 0 Å². The van der Waals surface area contributed by atoms with E-state index < -0.39 is 0 Å². The van der Waals surface area contributed by atoms with Crippen LogP contribution in [-0.2, 0) is 17.6 Å². The fourth-order valence-corrected chi connectivity index (χ4v) is 2.98. The maximum atomic E-state index is 5.59. The molecule has 2 saturated heterocycles. The summed E-state index contributed by atoms with van der Waals surface area (Å²) < 4.78 is 10.9. The van der Waals surface area contributed by atoms with E-state index in [2.05, 4.69) is 15.5 Å². The first-order valence-corrected chi connectivity index (χ1v) is 7.54. The largest absolute Gasteiger partial charge is 0.378 e. The molecule has 0 aromatic carbocycles. The van der Waals surface area contributed by atoms with Crippen molar-refractivity contribution in [2.24, 2.45) is 5.92 Å². The van der Waals surface area contributed by atoms with Crippen molar-refractivity contribution in [1.29, 1.82) is 0 Å². The summed E-state index contributed by atoms with van der Waals surface area (Å²) in [4.78, 5) is 4.48. The summed E-state index contributed by atoms with van der Waals surface area (Å²) >= 11 is 0. The molecule has 0 amide bonds. The molecule has 2 atom stereocenters. The predicted molar refractivity (Wildman–Crippen MR) is 70.9 cm³/mol. The maximum absolute atomic E-state index is 5.59. The Morgan fingerprint density at radius 1 is 1.26 bits per heavy atom. The van der Waals surface area contributed by atoms with Gasteiger partial charge >= 0.3 is 0 Å². The molecular weight excluding hydrogens is 242 g/mol. The van der Waals surface area contributed by atoms with Crippen molar-refractivity contribution in [2.45, 2.75) is 51.0 Å². The Morgan fingerprint density at radius 2 is 2.26 bits per heavy atom. The SMILES string of the molecule is C1CNCC(CCc2nc(CC3CCCO3)no2)C1. The lowest BCUT2D eigenvalue weighted by atomic mass is 9.95. The monoisotopic (exact) mass is 265 g/mol. The Hall–Kier alpha value is -0.940. The number of aryl methyl sites for hydroxylation is 1. The highest BCUT2D eigenvalue weighted by Gasteiger charge is 2.19. The van der Waals surface area contributed by atoms with Crippen LogP contribution in [0.5, 0.6) is 0 Å². The molecular formula is C14H23N3O2. The van der Waals surface area contributed by atoms with Gasteiger partial charge in [-0.05, 0) is 51.1 Å². The zero-order chi connectivity index (χ0) is 12.9. The molecule has 3 rings (SSSR count). The van der Waals surface area contributed by atoms with E-state index in [-0.39, 0.29) is 0 Å². The van der Waals surface area contributed by atoms with Crippen LogP contribution in [0, 0.1) is 5.92 Å². The first kappa shape index (κ1) is 13.1. The van der Waals surface area contributed by atoms with Crippen LogP contribution in [0.3, 0.4) is 0 Å². The molecule has 1 aromatic rings. The molecule has 5 heteroatoms. The van der Waals surface area contributed by atoms with Crippen LogP contribution in [0.25, 0.3) is 0 Å². The molecule has 0 spiro atoms. The number of ether oxygens (including phenoxy) is 1. The summed E-state index contributed by atoms with van der Waals surface area (Å²) in [6, 6.07) is 0. The lowest BCUT2D eigenvalue weighted by molar-refractivity contribution is 0.109. The maximum Gasteiger partial charge on any atom is 0.226 e. The summed E-state index contributed by atoms with van der Waals surface area (Å²) in [6.07, 6.45) is 8.05. The van der Waals surface area contributed by atoms with E-state index in [1.807, 2.05) is 0 Å². The van der Waals surface area contributed by atoms with Crippen molar-refractivity contribution >= 4 is 0 Å². The Morgan fingerprint density at radius 3 is 3.05 bits per heavy atom. The molecule has 0 saturated carbocycles. The van der Waals surface area contributed by atoms with Crippen molar-refractivity contribution < 1.29 is 9.26 Å². The second kappa shape index (κ2) is 6.48. The van der Waals surface area contributed by atoms with E-state index in [1.165, 1.54) is 19.4 Å². The zero-order valence-electron chi connectivity index (χ0n) is 11.4. The fourth-order valence-electron chi connectivity index (χ4n) is 2.98. The molecule has 0 bridgehead atoms. The van der Waals surface area contributed by atoms with Gasteiger partial charge < -0.3 is 14.6 Å². The number of aromatic nitrogens is 2. The number of nitrogens with zero attached hydrogens (tertiary/aromatic N) is 2. The summed E-state index contributed by atoms with van der Waals surface area (Å²) in [5.74, 6) is 2.37. The topological polar surface area (TPSA) is 60.2 Å². The van der Waals surface area contributed by atoms with Crippen molar-refractivity contribution in [2.75, 3.05) is 19.7 Å². The van der Waals surface area contributed by atoms with Crippen molar-refractivity contribution in [1.82, 2.24) is 15.5 Å². The average Bonchev–Trinajstić information content (AvgIpc) is 3.10. The molecule has 0 radical (unpaired) electrons. The van der Waals surface area contributed by atoms with Crippen molar-refractivity contribution in [3.63, 3.8) is 0 Å². The summed E-state index contributed by atoms with van der Waals surface area (Å²) in [5.41, 5.74) is 0. The van der Waals surface area contributed by atoms with Crippen LogP contribution in [0.15, 0.2) is 4.52 Å². The Balaban J connectivity index is 1.44. The van der Waals surface area contributed by atoms with Gasteiger partial charge in [0.25, 0.3) is 0 Å². The minimum absolute atomic E-state index is 0.299. The second-order valence-corrected chi connectivity index (χ2v) is 5.69. The van der Waals surface area contributed by atoms with Crippen LogP contribution in [0.1, 0.15) is 43.8 Å². The minimum Gasteiger partial charge on any atom is -0.378 e. The third-order valence-electron chi connectivity index (χ3n) is 4.11. The molecule has 0 aliphatic carbocycles. The van der Waals surface area contributed by atoms with Gasteiger partial charge in [-0.1, -0.05) is 5.16 Å². The van der Waals surface area contributed by atoms with Gasteiger partial charge in [-0.25, -0.2) is 0 Å². The first-order valence-electron chi connectivity index (χ1n) is 7.54. The van der Waals surface area contributed by atoms with Crippen LogP contribution in [0.4, 0.5) is 0 Å². The molecule has 3 heterocycles. The molecule has 1 N–H and O–H groups in total. The standard InChI is InChI=1S/C14H23N3O2/c1-3-11(10-15-7-1)5-6-14-16-13(17-19-14)9-12-4-2-8-18-12/h11-12,15H,1-10H2. The third-order valence-corrected chi connectivity index (χ3v) is 4.11. The van der Waals surface area contributed by atoms with Crippen LogP contribution in [-0.4, -0.2) is 35.9 Å². The highest BCUT2D eigenvalue weighted by molar-refractivity contribution is 4.90. The van der Waals surface area contributed by atoms with E-state index in [0.29, 0.717) is 6.10 Å². The third kappa shape index (κ3) is 3.76. The summed E-state index contributed by atoms with van der Waals surface area (Å²) in [7, 11) is 0. The number of nitrogens with one attached hydrogen (secondary N) is 1. The molecule has 5 nitrogen and oxygen atoms in total. The second-order valence-electron chi connectivity index (χ2n) is 5.69. The van der Waals surface area contributed by atoms with Crippen LogP contribution >= 0.6 is 0 Å². The molecule has 2 fully saturated rings. The minimum atomic E-state index is 0.299. The van der Waals surface area contributed by atoms with Gasteiger partial charge in [0, 0.05) is 19.4 Å². The van der Waals surface area contributed by atoms with Gasteiger partial charge in [-0.15, -0.1) is 0 Å². The Labute approximate surface area is 114 Å². The molecule has 19 heavy (non-hydrogen) atoms. The fraction of sp³-hybridized carbons (Fsp3) is 0.857. The van der Waals surface area contributed by atoms with Crippen molar-refractivity contribution in [3.8, 4) is 0 Å². The molecule has 106 valence electrons. The first-order chi connectivity index (χ1) is 9.40. The van der Waals surface area contributed by atoms with E-state index in [9.17, 15) is 0 Å². The van der Waals surface area contributed by atoms with Gasteiger partial charge in [0.2, 0.25) is 5.89 Å². The van der Waals surface area contributed by atoms with Gasteiger partial charge in [0.1, 0.15) is 0 Å². The van der Waals surface area contributed by atoms with Crippen LogP contribution < -0.4 is 5.32 Å². The lowest BCUT2D eigenvalue weighted by Gasteiger charge is -2.21.